The quantitative estimate of drug-likeness (QED) is 0.704. The van der Waals surface area contributed by atoms with Crippen LogP contribution in [0.5, 0.6) is 17.2 Å². The van der Waals surface area contributed by atoms with Gasteiger partial charge in [-0.3, -0.25) is 4.79 Å². The molecule has 1 unspecified atom stereocenters. The van der Waals surface area contributed by atoms with Crippen molar-refractivity contribution in [1.82, 2.24) is 0 Å². The topological polar surface area (TPSA) is 79.2 Å². The lowest BCUT2D eigenvalue weighted by Crippen LogP contribution is -2.41. The number of halogens is 2. The van der Waals surface area contributed by atoms with E-state index in [0.717, 1.165) is 19.3 Å². The van der Waals surface area contributed by atoms with Crippen LogP contribution in [-0.4, -0.2) is 29.5 Å². The average Bonchev–Trinajstić information content (AvgIpc) is 3.21. The molecule has 0 aromatic heterocycles. The van der Waals surface area contributed by atoms with Crippen LogP contribution in [0.1, 0.15) is 37.3 Å². The van der Waals surface area contributed by atoms with E-state index in [1.807, 2.05) is 0 Å². The molecule has 2 heterocycles. The molecule has 2 aromatic carbocycles. The summed E-state index contributed by atoms with van der Waals surface area (Å²) in [4.78, 5) is 14.9. The fourth-order valence-corrected chi connectivity index (χ4v) is 4.31. The second kappa shape index (κ2) is 7.03. The number of aliphatic hydroxyl groups is 1. The van der Waals surface area contributed by atoms with E-state index in [4.69, 9.17) is 32.7 Å². The number of fused-ring (bicyclic) bond motifs is 2. The van der Waals surface area contributed by atoms with Crippen molar-refractivity contribution in [2.24, 2.45) is 0 Å². The van der Waals surface area contributed by atoms with Crippen molar-refractivity contribution < 1.29 is 24.5 Å². The maximum Gasteiger partial charge on any atom is 0.268 e. The van der Waals surface area contributed by atoms with Gasteiger partial charge in [-0.2, -0.15) is 0 Å². The number of hydrogen-bond acceptors (Lipinski definition) is 5. The van der Waals surface area contributed by atoms with E-state index < -0.39 is 11.5 Å². The van der Waals surface area contributed by atoms with Crippen LogP contribution in [0.15, 0.2) is 24.3 Å². The number of unbranched alkanes of at least 4 members (excludes halogenated alkanes) is 2. The van der Waals surface area contributed by atoms with Crippen molar-refractivity contribution >= 4 is 34.8 Å². The smallest absolute Gasteiger partial charge is 0.268 e. The number of nitrogens with zero attached hydrogens (tertiary/aromatic N) is 1. The Kier molecular flexibility index (Phi) is 4.81. The van der Waals surface area contributed by atoms with Crippen LogP contribution in [0.2, 0.25) is 10.0 Å². The Morgan fingerprint density at radius 1 is 1.14 bits per heavy atom. The molecular weight excluding hydrogens is 405 g/mol. The van der Waals surface area contributed by atoms with Crippen molar-refractivity contribution in [2.45, 2.75) is 31.8 Å². The zero-order chi connectivity index (χ0) is 20.1. The molecule has 2 N–H and O–H groups in total. The van der Waals surface area contributed by atoms with Gasteiger partial charge in [0.05, 0.1) is 10.7 Å². The highest BCUT2D eigenvalue weighted by molar-refractivity contribution is 6.38. The van der Waals surface area contributed by atoms with Gasteiger partial charge in [-0.15, -0.1) is 0 Å². The first-order chi connectivity index (χ1) is 13.4. The average molecular weight is 424 g/mol. The molecule has 6 nitrogen and oxygen atoms in total. The lowest BCUT2D eigenvalue weighted by atomic mass is 9.86. The first kappa shape index (κ1) is 19.2. The second-order valence-corrected chi connectivity index (χ2v) is 7.66. The Morgan fingerprint density at radius 2 is 1.82 bits per heavy atom. The van der Waals surface area contributed by atoms with E-state index in [-0.39, 0.29) is 28.7 Å². The van der Waals surface area contributed by atoms with Crippen molar-refractivity contribution in [3.05, 3.63) is 45.4 Å². The van der Waals surface area contributed by atoms with E-state index >= 15 is 0 Å². The van der Waals surface area contributed by atoms with Crippen molar-refractivity contribution in [3.8, 4) is 17.2 Å². The predicted octanol–water partition coefficient (Wildman–Crippen LogP) is 4.20. The monoisotopic (exact) mass is 423 g/mol. The van der Waals surface area contributed by atoms with Gasteiger partial charge in [-0.1, -0.05) is 43.0 Å². The van der Waals surface area contributed by atoms with Gasteiger partial charge in [0.1, 0.15) is 5.75 Å². The summed E-state index contributed by atoms with van der Waals surface area (Å²) in [5, 5.41) is 22.7. The first-order valence-electron chi connectivity index (χ1n) is 9.05. The summed E-state index contributed by atoms with van der Waals surface area (Å²) in [5.74, 6) is -0.231. The van der Waals surface area contributed by atoms with Gasteiger partial charge in [0, 0.05) is 28.8 Å². The Labute approximate surface area is 172 Å². The number of carbonyl (C=O) groups is 1. The molecule has 2 aliphatic rings. The van der Waals surface area contributed by atoms with Crippen LogP contribution < -0.4 is 14.4 Å². The molecular formula is C20H19Cl2NO5. The highest BCUT2D eigenvalue weighted by atomic mass is 35.5. The molecule has 0 saturated carbocycles. The van der Waals surface area contributed by atoms with Crippen molar-refractivity contribution in [3.63, 3.8) is 0 Å². The number of carbonyl (C=O) groups excluding carboxylic acids is 1. The number of aromatic hydroxyl groups is 1. The molecule has 28 heavy (non-hydrogen) atoms. The maximum absolute atomic E-state index is 13.4. The minimum Gasteiger partial charge on any atom is -0.507 e. The Morgan fingerprint density at radius 3 is 2.54 bits per heavy atom. The Hall–Kier alpha value is -2.15. The van der Waals surface area contributed by atoms with Gasteiger partial charge < -0.3 is 24.6 Å². The number of anilines is 1. The molecule has 0 saturated heterocycles. The van der Waals surface area contributed by atoms with Crippen LogP contribution in [0.25, 0.3) is 0 Å². The number of rotatable bonds is 5. The molecule has 0 spiro atoms. The zero-order valence-corrected chi connectivity index (χ0v) is 16.7. The fourth-order valence-electron chi connectivity index (χ4n) is 3.76. The van der Waals surface area contributed by atoms with Gasteiger partial charge >= 0.3 is 0 Å². The number of ether oxygens (including phenoxy) is 2. The molecule has 1 atom stereocenters. The lowest BCUT2D eigenvalue weighted by molar-refractivity contribution is -0.132. The molecule has 0 aliphatic carbocycles. The highest BCUT2D eigenvalue weighted by Gasteiger charge is 2.54. The van der Waals surface area contributed by atoms with E-state index in [1.165, 1.54) is 23.1 Å². The van der Waals surface area contributed by atoms with Crippen molar-refractivity contribution in [1.29, 1.82) is 0 Å². The number of phenols is 1. The third kappa shape index (κ3) is 2.70. The SMILES string of the molecule is CCCCCN1C(=O)C(O)(c2cc3c(cc2O)OCO3)c2c(Cl)ccc(Cl)c21. The molecule has 4 rings (SSSR count). The summed E-state index contributed by atoms with van der Waals surface area (Å²) in [5.41, 5.74) is -1.67. The molecule has 2 aliphatic heterocycles. The molecule has 1 amide bonds. The summed E-state index contributed by atoms with van der Waals surface area (Å²) < 4.78 is 10.6. The Bertz CT molecular complexity index is 964. The second-order valence-electron chi connectivity index (χ2n) is 6.85. The van der Waals surface area contributed by atoms with Gasteiger partial charge in [0.15, 0.2) is 11.5 Å². The largest absolute Gasteiger partial charge is 0.507 e. The van der Waals surface area contributed by atoms with Crippen molar-refractivity contribution in [2.75, 3.05) is 18.2 Å². The lowest BCUT2D eigenvalue weighted by Gasteiger charge is -2.25. The predicted molar refractivity (Wildman–Crippen MR) is 106 cm³/mol. The van der Waals surface area contributed by atoms with Crippen LogP contribution >= 0.6 is 23.2 Å². The van der Waals surface area contributed by atoms with Gasteiger partial charge in [0.2, 0.25) is 12.4 Å². The van der Waals surface area contributed by atoms with E-state index in [1.54, 1.807) is 6.07 Å². The minimum absolute atomic E-state index is 0.00306. The summed E-state index contributed by atoms with van der Waals surface area (Å²) in [6, 6.07) is 5.85. The summed E-state index contributed by atoms with van der Waals surface area (Å²) in [6.45, 7) is 2.44. The Balaban J connectivity index is 1.91. The zero-order valence-electron chi connectivity index (χ0n) is 15.2. The molecule has 148 valence electrons. The third-order valence-corrected chi connectivity index (χ3v) is 5.75. The summed E-state index contributed by atoms with van der Waals surface area (Å²) >= 11 is 12.8. The van der Waals surface area contributed by atoms with Crippen LogP contribution in [0.4, 0.5) is 5.69 Å². The van der Waals surface area contributed by atoms with Gasteiger partial charge in [-0.05, 0) is 24.6 Å². The molecule has 8 heteroatoms. The fraction of sp³-hybridized carbons (Fsp3) is 0.350. The number of hydrogen-bond donors (Lipinski definition) is 2. The molecule has 0 bridgehead atoms. The standard InChI is InChI=1S/C20H19Cl2NO5/c1-2-3-4-7-23-18-13(22)6-5-12(21)17(18)20(26,19(23)25)11-8-15-16(9-14(11)24)28-10-27-15/h5-6,8-9,24,26H,2-4,7,10H2,1H3. The van der Waals surface area contributed by atoms with E-state index in [0.29, 0.717) is 28.8 Å². The van der Waals surface area contributed by atoms with E-state index in [2.05, 4.69) is 6.92 Å². The maximum atomic E-state index is 13.4. The summed E-state index contributed by atoms with van der Waals surface area (Å²) in [7, 11) is 0. The van der Waals surface area contributed by atoms with Gasteiger partial charge in [0.25, 0.3) is 5.91 Å². The number of benzene rings is 2. The number of amides is 1. The molecule has 0 radical (unpaired) electrons. The normalized spacial score (nSPS) is 20.0. The minimum atomic E-state index is -2.19. The van der Waals surface area contributed by atoms with Crippen LogP contribution in [0, 0.1) is 0 Å². The summed E-state index contributed by atoms with van der Waals surface area (Å²) in [6.07, 6.45) is 2.64. The highest BCUT2D eigenvalue weighted by Crippen LogP contribution is 2.54. The van der Waals surface area contributed by atoms with E-state index in [9.17, 15) is 15.0 Å². The van der Waals surface area contributed by atoms with Gasteiger partial charge in [-0.25, -0.2) is 0 Å². The third-order valence-electron chi connectivity index (χ3n) is 5.13. The van der Waals surface area contributed by atoms with Crippen LogP contribution in [-0.2, 0) is 10.4 Å². The van der Waals surface area contributed by atoms with Crippen LogP contribution in [0.3, 0.4) is 0 Å². The first-order valence-corrected chi connectivity index (χ1v) is 9.81. The number of phenolic OH excluding ortho intramolecular Hbond substituents is 1. The molecule has 0 fully saturated rings. The molecule has 2 aromatic rings.